The van der Waals surface area contributed by atoms with Gasteiger partial charge in [-0.05, 0) is 18.2 Å². The van der Waals surface area contributed by atoms with Gasteiger partial charge in [-0.3, -0.25) is 5.10 Å². The summed E-state index contributed by atoms with van der Waals surface area (Å²) in [7, 11) is 0. The highest BCUT2D eigenvalue weighted by Crippen LogP contribution is 2.25. The van der Waals surface area contributed by atoms with E-state index in [1.165, 1.54) is 0 Å². The van der Waals surface area contributed by atoms with Crippen molar-refractivity contribution in [2.75, 3.05) is 5.73 Å². The van der Waals surface area contributed by atoms with Crippen molar-refractivity contribution in [3.05, 3.63) is 24.0 Å². The molecule has 0 fully saturated rings. The number of rotatable bonds is 2. The molecule has 0 aliphatic rings. The molecule has 0 aliphatic heterocycles. The standard InChI is InChI=1S/C10H12N4O/c1-2-9-12-10(14-13-9)6-3-4-7(11)8(15)5-6/h3-5,15H,2,11H2,1H3,(H,12,13,14). The van der Waals surface area contributed by atoms with Crippen LogP contribution in [0.3, 0.4) is 0 Å². The molecular weight excluding hydrogens is 192 g/mol. The number of phenolic OH excluding ortho intramolecular Hbond substituents is 1. The molecule has 0 saturated carbocycles. The number of anilines is 1. The Bertz CT molecular complexity index is 478. The number of nitrogen functional groups attached to an aromatic ring is 1. The van der Waals surface area contributed by atoms with Crippen molar-refractivity contribution >= 4 is 5.69 Å². The Morgan fingerprint density at radius 1 is 1.47 bits per heavy atom. The first-order valence-corrected chi connectivity index (χ1v) is 4.71. The molecule has 0 saturated heterocycles. The highest BCUT2D eigenvalue weighted by atomic mass is 16.3. The number of nitrogens with two attached hydrogens (primary N) is 1. The number of hydrogen-bond donors (Lipinski definition) is 3. The minimum Gasteiger partial charge on any atom is -0.506 e. The van der Waals surface area contributed by atoms with Crippen molar-refractivity contribution < 1.29 is 5.11 Å². The van der Waals surface area contributed by atoms with Crippen LogP contribution in [-0.4, -0.2) is 20.3 Å². The van der Waals surface area contributed by atoms with Gasteiger partial charge in [-0.1, -0.05) is 6.92 Å². The molecule has 1 aromatic heterocycles. The third kappa shape index (κ3) is 1.76. The smallest absolute Gasteiger partial charge is 0.181 e. The molecule has 2 aromatic rings. The van der Waals surface area contributed by atoms with Gasteiger partial charge < -0.3 is 10.8 Å². The number of hydrogen-bond acceptors (Lipinski definition) is 4. The molecule has 2 rings (SSSR count). The average molecular weight is 204 g/mol. The summed E-state index contributed by atoms with van der Waals surface area (Å²) < 4.78 is 0. The summed E-state index contributed by atoms with van der Waals surface area (Å²) in [6.07, 6.45) is 0.800. The topological polar surface area (TPSA) is 87.8 Å². The van der Waals surface area contributed by atoms with E-state index in [1.807, 2.05) is 6.92 Å². The zero-order valence-corrected chi connectivity index (χ0v) is 8.36. The van der Waals surface area contributed by atoms with E-state index in [0.29, 0.717) is 11.5 Å². The summed E-state index contributed by atoms with van der Waals surface area (Å²) >= 11 is 0. The van der Waals surface area contributed by atoms with E-state index in [9.17, 15) is 5.11 Å². The SMILES string of the molecule is CCc1nc(-c2ccc(N)c(O)c2)n[nH]1. The first-order chi connectivity index (χ1) is 7.20. The fourth-order valence-corrected chi connectivity index (χ4v) is 1.27. The van der Waals surface area contributed by atoms with E-state index < -0.39 is 0 Å². The minimum absolute atomic E-state index is 0.0512. The maximum absolute atomic E-state index is 9.43. The highest BCUT2D eigenvalue weighted by Gasteiger charge is 2.06. The number of phenols is 1. The molecule has 1 aromatic carbocycles. The maximum atomic E-state index is 9.43. The van der Waals surface area contributed by atoms with E-state index >= 15 is 0 Å². The van der Waals surface area contributed by atoms with E-state index in [-0.39, 0.29) is 5.75 Å². The molecule has 15 heavy (non-hydrogen) atoms. The zero-order valence-electron chi connectivity index (χ0n) is 8.36. The Kier molecular flexibility index (Phi) is 2.29. The van der Waals surface area contributed by atoms with Crippen LogP contribution in [0.4, 0.5) is 5.69 Å². The maximum Gasteiger partial charge on any atom is 0.181 e. The lowest BCUT2D eigenvalue weighted by Gasteiger charge is -1.99. The molecule has 0 bridgehead atoms. The first kappa shape index (κ1) is 9.51. The van der Waals surface area contributed by atoms with Crippen LogP contribution in [0.1, 0.15) is 12.7 Å². The molecule has 0 aliphatic carbocycles. The van der Waals surface area contributed by atoms with Crippen molar-refractivity contribution in [2.24, 2.45) is 0 Å². The summed E-state index contributed by atoms with van der Waals surface area (Å²) in [6, 6.07) is 4.96. The van der Waals surface area contributed by atoms with Crippen LogP contribution in [0.25, 0.3) is 11.4 Å². The molecular formula is C10H12N4O. The Balaban J connectivity index is 2.40. The quantitative estimate of drug-likeness (QED) is 0.508. The van der Waals surface area contributed by atoms with Crippen LogP contribution in [0.5, 0.6) is 5.75 Å². The predicted molar refractivity (Wildman–Crippen MR) is 57.3 cm³/mol. The van der Waals surface area contributed by atoms with Crippen LogP contribution in [0.2, 0.25) is 0 Å². The number of nitrogens with zero attached hydrogens (tertiary/aromatic N) is 2. The summed E-state index contributed by atoms with van der Waals surface area (Å²) in [4.78, 5) is 4.25. The van der Waals surface area contributed by atoms with Gasteiger partial charge in [0.25, 0.3) is 0 Å². The third-order valence-corrected chi connectivity index (χ3v) is 2.16. The lowest BCUT2D eigenvalue weighted by atomic mass is 10.2. The van der Waals surface area contributed by atoms with Crippen LogP contribution in [-0.2, 0) is 6.42 Å². The second kappa shape index (κ2) is 3.61. The van der Waals surface area contributed by atoms with E-state index in [4.69, 9.17) is 5.73 Å². The normalized spacial score (nSPS) is 10.5. The highest BCUT2D eigenvalue weighted by molar-refractivity contribution is 5.64. The van der Waals surface area contributed by atoms with E-state index in [0.717, 1.165) is 17.8 Å². The summed E-state index contributed by atoms with van der Waals surface area (Å²) in [5.74, 6) is 1.44. The van der Waals surface area contributed by atoms with Crippen molar-refractivity contribution in [2.45, 2.75) is 13.3 Å². The molecule has 4 N–H and O–H groups in total. The van der Waals surface area contributed by atoms with Crippen LogP contribution in [0.15, 0.2) is 18.2 Å². The molecule has 0 atom stereocenters. The van der Waals surface area contributed by atoms with Crippen molar-refractivity contribution in [3.63, 3.8) is 0 Å². The molecule has 5 heteroatoms. The van der Waals surface area contributed by atoms with Gasteiger partial charge in [0, 0.05) is 12.0 Å². The largest absolute Gasteiger partial charge is 0.506 e. The molecule has 0 radical (unpaired) electrons. The number of H-pyrrole nitrogens is 1. The van der Waals surface area contributed by atoms with Gasteiger partial charge >= 0.3 is 0 Å². The van der Waals surface area contributed by atoms with Crippen molar-refractivity contribution in [3.8, 4) is 17.1 Å². The lowest BCUT2D eigenvalue weighted by molar-refractivity contribution is 0.478. The number of aryl methyl sites for hydroxylation is 1. The zero-order chi connectivity index (χ0) is 10.8. The summed E-state index contributed by atoms with van der Waals surface area (Å²) in [6.45, 7) is 1.99. The fourth-order valence-electron chi connectivity index (χ4n) is 1.27. The Morgan fingerprint density at radius 2 is 2.27 bits per heavy atom. The Labute approximate surface area is 87.0 Å². The van der Waals surface area contributed by atoms with Gasteiger partial charge in [-0.15, -0.1) is 0 Å². The van der Waals surface area contributed by atoms with Crippen LogP contribution in [0, 0.1) is 0 Å². The molecule has 0 amide bonds. The second-order valence-electron chi connectivity index (χ2n) is 3.23. The van der Waals surface area contributed by atoms with Crippen LogP contribution >= 0.6 is 0 Å². The molecule has 0 spiro atoms. The van der Waals surface area contributed by atoms with Crippen LogP contribution < -0.4 is 5.73 Å². The van der Waals surface area contributed by atoms with Crippen molar-refractivity contribution in [1.82, 2.24) is 15.2 Å². The molecule has 5 nitrogen and oxygen atoms in total. The fraction of sp³-hybridized carbons (Fsp3) is 0.200. The van der Waals surface area contributed by atoms with Gasteiger partial charge in [-0.25, -0.2) is 4.98 Å². The predicted octanol–water partition coefficient (Wildman–Crippen LogP) is 1.32. The Hall–Kier alpha value is -2.04. The molecule has 78 valence electrons. The van der Waals surface area contributed by atoms with Gasteiger partial charge in [0.1, 0.15) is 11.6 Å². The van der Waals surface area contributed by atoms with E-state index in [2.05, 4.69) is 15.2 Å². The minimum atomic E-state index is 0.0512. The Morgan fingerprint density at radius 3 is 2.87 bits per heavy atom. The van der Waals surface area contributed by atoms with E-state index in [1.54, 1.807) is 18.2 Å². The second-order valence-corrected chi connectivity index (χ2v) is 3.23. The molecule has 1 heterocycles. The van der Waals surface area contributed by atoms with Gasteiger partial charge in [0.05, 0.1) is 5.69 Å². The number of aromatic amines is 1. The van der Waals surface area contributed by atoms with Gasteiger partial charge in [-0.2, -0.15) is 5.10 Å². The lowest BCUT2D eigenvalue weighted by Crippen LogP contribution is -1.87. The third-order valence-electron chi connectivity index (χ3n) is 2.16. The average Bonchev–Trinajstić information content (AvgIpc) is 2.70. The number of aromatic nitrogens is 3. The number of nitrogens with one attached hydrogen (secondary N) is 1. The number of aromatic hydroxyl groups is 1. The number of benzene rings is 1. The summed E-state index contributed by atoms with van der Waals surface area (Å²) in [5, 5.41) is 16.3. The summed E-state index contributed by atoms with van der Waals surface area (Å²) in [5.41, 5.74) is 6.60. The first-order valence-electron chi connectivity index (χ1n) is 4.71. The molecule has 0 unspecified atom stereocenters. The van der Waals surface area contributed by atoms with Crippen molar-refractivity contribution in [1.29, 1.82) is 0 Å². The van der Waals surface area contributed by atoms with Gasteiger partial charge in [0.2, 0.25) is 0 Å². The monoisotopic (exact) mass is 204 g/mol. The van der Waals surface area contributed by atoms with Gasteiger partial charge in [0.15, 0.2) is 5.82 Å².